The van der Waals surface area contributed by atoms with Crippen LogP contribution in [0.15, 0.2) is 71.7 Å². The summed E-state index contributed by atoms with van der Waals surface area (Å²) in [5.41, 5.74) is 1.42. The first kappa shape index (κ1) is 20.2. The van der Waals surface area contributed by atoms with Gasteiger partial charge in [0.15, 0.2) is 11.3 Å². The van der Waals surface area contributed by atoms with Crippen LogP contribution in [0, 0.1) is 5.82 Å². The summed E-state index contributed by atoms with van der Waals surface area (Å²) in [5, 5.41) is 2.64. The van der Waals surface area contributed by atoms with Gasteiger partial charge >= 0.3 is 0 Å². The Bertz CT molecular complexity index is 1300. The predicted molar refractivity (Wildman–Crippen MR) is 113 cm³/mol. The molecule has 0 radical (unpaired) electrons. The third-order valence-electron chi connectivity index (χ3n) is 4.76. The normalized spacial score (nSPS) is 10.8. The second-order valence-corrected chi connectivity index (χ2v) is 6.86. The molecule has 2 aromatic carbocycles. The summed E-state index contributed by atoms with van der Waals surface area (Å²) < 4.78 is 20.0. The van der Waals surface area contributed by atoms with Crippen molar-refractivity contribution < 1.29 is 13.9 Å². The van der Waals surface area contributed by atoms with E-state index in [1.165, 1.54) is 16.7 Å². The van der Waals surface area contributed by atoms with E-state index >= 15 is 0 Å². The van der Waals surface area contributed by atoms with E-state index in [0.717, 1.165) is 5.56 Å². The average molecular weight is 418 g/mol. The molecule has 0 unspecified atom stereocenters. The van der Waals surface area contributed by atoms with Crippen LogP contribution >= 0.6 is 0 Å². The van der Waals surface area contributed by atoms with E-state index in [4.69, 9.17) is 4.74 Å². The minimum Gasteiger partial charge on any atom is -0.497 e. The number of halogens is 1. The number of methoxy groups -OCH3 is 1. The molecule has 0 spiro atoms. The molecule has 2 heterocycles. The number of amides is 1. The maximum Gasteiger partial charge on any atom is 0.284 e. The molecule has 0 aliphatic heterocycles. The summed E-state index contributed by atoms with van der Waals surface area (Å²) in [6.07, 6.45) is 1.57. The highest BCUT2D eigenvalue weighted by Gasteiger charge is 2.18. The Labute approximate surface area is 177 Å². The van der Waals surface area contributed by atoms with Gasteiger partial charge in [0.05, 0.1) is 13.7 Å². The van der Waals surface area contributed by atoms with Crippen molar-refractivity contribution in [2.75, 3.05) is 7.11 Å². The quantitative estimate of drug-likeness (QED) is 0.520. The molecule has 0 aliphatic carbocycles. The maximum atomic E-state index is 13.4. The molecule has 4 rings (SSSR count). The van der Waals surface area contributed by atoms with Crippen LogP contribution in [0.5, 0.6) is 5.75 Å². The Morgan fingerprint density at radius 2 is 1.90 bits per heavy atom. The highest BCUT2D eigenvalue weighted by Crippen LogP contribution is 2.14. The molecular weight excluding hydrogens is 399 g/mol. The van der Waals surface area contributed by atoms with Gasteiger partial charge in [-0.2, -0.15) is 0 Å². The summed E-state index contributed by atoms with van der Waals surface area (Å²) >= 11 is 0. The zero-order valence-electron chi connectivity index (χ0n) is 16.7. The predicted octanol–water partition coefficient (Wildman–Crippen LogP) is 2.92. The molecule has 0 bridgehead atoms. The van der Waals surface area contributed by atoms with E-state index in [9.17, 15) is 14.0 Å². The molecule has 0 saturated carbocycles. The van der Waals surface area contributed by atoms with Gasteiger partial charge < -0.3 is 10.1 Å². The summed E-state index contributed by atoms with van der Waals surface area (Å²) in [6, 6.07) is 16.5. The number of hydrogen-bond donors (Lipinski definition) is 1. The number of carbonyl (C=O) groups is 1. The lowest BCUT2D eigenvalue weighted by atomic mass is 10.2. The Kier molecular flexibility index (Phi) is 5.70. The second kappa shape index (κ2) is 8.74. The zero-order valence-corrected chi connectivity index (χ0v) is 16.7. The van der Waals surface area contributed by atoms with Crippen LogP contribution in [0.3, 0.4) is 0 Å². The molecule has 0 aliphatic rings. The number of fused-ring (bicyclic) bond motifs is 1. The lowest BCUT2D eigenvalue weighted by Crippen LogP contribution is -2.35. The number of carbonyl (C=O) groups excluding carboxylic acids is 1. The lowest BCUT2D eigenvalue weighted by molar-refractivity contribution is 0.0944. The highest BCUT2D eigenvalue weighted by atomic mass is 19.1. The standard InChI is InChI=1S/C23H19FN4O3/c1-31-18-9-7-15(8-10-18)14-28-21-19(6-3-11-25-21)27-20(23(28)30)22(29)26-13-16-4-2-5-17(24)12-16/h2-12H,13-14H2,1H3,(H,26,29). The average Bonchev–Trinajstić information content (AvgIpc) is 2.79. The first-order valence-electron chi connectivity index (χ1n) is 9.56. The molecule has 31 heavy (non-hydrogen) atoms. The van der Waals surface area contributed by atoms with Gasteiger partial charge in [-0.1, -0.05) is 24.3 Å². The minimum atomic E-state index is -0.636. The monoisotopic (exact) mass is 418 g/mol. The van der Waals surface area contributed by atoms with Crippen LogP contribution in [-0.2, 0) is 13.1 Å². The van der Waals surface area contributed by atoms with Gasteiger partial charge in [0.2, 0.25) is 0 Å². The van der Waals surface area contributed by atoms with Gasteiger partial charge in [-0.15, -0.1) is 0 Å². The largest absolute Gasteiger partial charge is 0.497 e. The Morgan fingerprint density at radius 1 is 1.10 bits per heavy atom. The van der Waals surface area contributed by atoms with Crippen LogP contribution in [0.1, 0.15) is 21.6 Å². The van der Waals surface area contributed by atoms with Crippen molar-refractivity contribution in [2.45, 2.75) is 13.1 Å². The molecule has 4 aromatic rings. The van der Waals surface area contributed by atoms with E-state index in [-0.39, 0.29) is 18.8 Å². The van der Waals surface area contributed by atoms with Gasteiger partial charge in [0, 0.05) is 12.7 Å². The molecule has 7 nitrogen and oxygen atoms in total. The van der Waals surface area contributed by atoms with Crippen molar-refractivity contribution in [3.05, 3.63) is 99.9 Å². The van der Waals surface area contributed by atoms with Gasteiger partial charge in [0.25, 0.3) is 11.5 Å². The smallest absolute Gasteiger partial charge is 0.284 e. The van der Waals surface area contributed by atoms with Crippen molar-refractivity contribution >= 4 is 17.1 Å². The molecule has 2 aromatic heterocycles. The molecule has 1 amide bonds. The van der Waals surface area contributed by atoms with Gasteiger partial charge in [-0.25, -0.2) is 14.4 Å². The van der Waals surface area contributed by atoms with Crippen molar-refractivity contribution in [1.29, 1.82) is 0 Å². The Morgan fingerprint density at radius 3 is 2.65 bits per heavy atom. The van der Waals surface area contributed by atoms with E-state index in [0.29, 0.717) is 22.5 Å². The summed E-state index contributed by atoms with van der Waals surface area (Å²) in [5.74, 6) is -0.335. The van der Waals surface area contributed by atoms with Gasteiger partial charge in [-0.05, 0) is 47.5 Å². The minimum absolute atomic E-state index is 0.0707. The van der Waals surface area contributed by atoms with Crippen molar-refractivity contribution in [1.82, 2.24) is 19.9 Å². The van der Waals surface area contributed by atoms with E-state index in [1.807, 2.05) is 12.1 Å². The first-order valence-corrected chi connectivity index (χ1v) is 9.56. The molecular formula is C23H19FN4O3. The third kappa shape index (κ3) is 4.42. The van der Waals surface area contributed by atoms with Crippen LogP contribution in [0.4, 0.5) is 4.39 Å². The number of benzene rings is 2. The fourth-order valence-corrected chi connectivity index (χ4v) is 3.20. The van der Waals surface area contributed by atoms with E-state index < -0.39 is 17.3 Å². The molecule has 156 valence electrons. The Hall–Kier alpha value is -4.07. The van der Waals surface area contributed by atoms with Crippen molar-refractivity contribution in [3.63, 3.8) is 0 Å². The topological polar surface area (TPSA) is 86.1 Å². The number of nitrogens with zero attached hydrogens (tertiary/aromatic N) is 3. The third-order valence-corrected chi connectivity index (χ3v) is 4.76. The van der Waals surface area contributed by atoms with Crippen LogP contribution < -0.4 is 15.6 Å². The fourth-order valence-electron chi connectivity index (χ4n) is 3.20. The highest BCUT2D eigenvalue weighted by molar-refractivity contribution is 5.93. The lowest BCUT2D eigenvalue weighted by Gasteiger charge is -2.12. The number of rotatable bonds is 6. The summed E-state index contributed by atoms with van der Waals surface area (Å²) in [7, 11) is 1.58. The molecule has 8 heteroatoms. The van der Waals surface area contributed by atoms with Gasteiger partial charge in [-0.3, -0.25) is 14.2 Å². The number of pyridine rings is 1. The van der Waals surface area contributed by atoms with Crippen LogP contribution in [-0.4, -0.2) is 27.6 Å². The molecule has 0 fully saturated rings. The van der Waals surface area contributed by atoms with Crippen molar-refractivity contribution in [2.24, 2.45) is 0 Å². The number of nitrogens with one attached hydrogen (secondary N) is 1. The summed E-state index contributed by atoms with van der Waals surface area (Å²) in [6.45, 7) is 0.282. The molecule has 0 atom stereocenters. The maximum absolute atomic E-state index is 13.4. The fraction of sp³-hybridized carbons (Fsp3) is 0.130. The summed E-state index contributed by atoms with van der Waals surface area (Å²) in [4.78, 5) is 34.4. The zero-order chi connectivity index (χ0) is 21.8. The Balaban J connectivity index is 1.68. The van der Waals surface area contributed by atoms with Crippen molar-refractivity contribution in [3.8, 4) is 5.75 Å². The molecule has 0 saturated heterocycles. The van der Waals surface area contributed by atoms with E-state index in [2.05, 4.69) is 15.3 Å². The number of hydrogen-bond acceptors (Lipinski definition) is 5. The van der Waals surface area contributed by atoms with Crippen LogP contribution in [0.2, 0.25) is 0 Å². The van der Waals surface area contributed by atoms with Crippen LogP contribution in [0.25, 0.3) is 11.2 Å². The molecule has 1 N–H and O–H groups in total. The van der Waals surface area contributed by atoms with E-state index in [1.54, 1.807) is 49.7 Å². The second-order valence-electron chi connectivity index (χ2n) is 6.86. The number of ether oxygens (including phenoxy) is 1. The number of aromatic nitrogens is 3. The SMILES string of the molecule is COc1ccc(Cn2c(=O)c(C(=O)NCc3cccc(F)c3)nc3cccnc32)cc1. The first-order chi connectivity index (χ1) is 15.0. The van der Waals surface area contributed by atoms with Gasteiger partial charge in [0.1, 0.15) is 17.1 Å².